The molecule has 0 spiro atoms. The van der Waals surface area contributed by atoms with Crippen molar-refractivity contribution in [1.82, 2.24) is 4.31 Å². The molecular formula is C19H22N4O4S. The molecule has 0 radical (unpaired) electrons. The number of sulfonamides is 1. The van der Waals surface area contributed by atoms with Crippen LogP contribution < -0.4 is 5.43 Å². The lowest BCUT2D eigenvalue weighted by Crippen LogP contribution is -2.27. The first kappa shape index (κ1) is 20.0. The molecule has 1 aliphatic heterocycles. The van der Waals surface area contributed by atoms with Crippen LogP contribution in [0.3, 0.4) is 0 Å². The predicted molar refractivity (Wildman–Crippen MR) is 108 cm³/mol. The van der Waals surface area contributed by atoms with Gasteiger partial charge in [0.15, 0.2) is 0 Å². The molecule has 0 unspecified atom stereocenters. The lowest BCUT2D eigenvalue weighted by atomic mass is 10.1. The van der Waals surface area contributed by atoms with E-state index >= 15 is 0 Å². The number of hydrazone groups is 1. The van der Waals surface area contributed by atoms with E-state index in [1.54, 1.807) is 6.92 Å². The van der Waals surface area contributed by atoms with E-state index in [4.69, 9.17) is 0 Å². The lowest BCUT2D eigenvalue weighted by molar-refractivity contribution is -0.384. The highest BCUT2D eigenvalue weighted by molar-refractivity contribution is 7.89. The number of hydrogen-bond acceptors (Lipinski definition) is 6. The number of nitrogens with one attached hydrogen (secondary N) is 1. The Labute approximate surface area is 164 Å². The lowest BCUT2D eigenvalue weighted by Gasteiger charge is -2.15. The summed E-state index contributed by atoms with van der Waals surface area (Å²) in [7, 11) is -3.73. The maximum atomic E-state index is 12.7. The van der Waals surface area contributed by atoms with Crippen LogP contribution in [0.25, 0.3) is 0 Å². The van der Waals surface area contributed by atoms with Gasteiger partial charge in [0.1, 0.15) is 5.69 Å². The molecule has 0 atom stereocenters. The first-order valence-electron chi connectivity index (χ1n) is 8.95. The number of nitrogens with zero attached hydrogens (tertiary/aromatic N) is 3. The minimum absolute atomic E-state index is 0.0775. The highest BCUT2D eigenvalue weighted by Gasteiger charge is 2.29. The number of anilines is 1. The number of rotatable bonds is 6. The molecule has 1 fully saturated rings. The van der Waals surface area contributed by atoms with E-state index in [1.165, 1.54) is 16.4 Å². The summed E-state index contributed by atoms with van der Waals surface area (Å²) in [4.78, 5) is 10.8. The zero-order chi connectivity index (χ0) is 20.3. The summed E-state index contributed by atoms with van der Waals surface area (Å²) in [5, 5.41) is 15.7. The maximum Gasteiger partial charge on any atom is 0.295 e. The Morgan fingerprint density at radius 1 is 1.18 bits per heavy atom. The van der Waals surface area contributed by atoms with Gasteiger partial charge in [0, 0.05) is 24.7 Å². The van der Waals surface area contributed by atoms with Gasteiger partial charge >= 0.3 is 0 Å². The molecule has 0 aliphatic carbocycles. The fourth-order valence-electron chi connectivity index (χ4n) is 3.18. The van der Waals surface area contributed by atoms with Gasteiger partial charge in [-0.05, 0) is 44.4 Å². The van der Waals surface area contributed by atoms with E-state index in [0.717, 1.165) is 30.0 Å². The highest BCUT2D eigenvalue weighted by atomic mass is 32.2. The van der Waals surface area contributed by atoms with E-state index in [1.807, 2.05) is 31.2 Å². The minimum atomic E-state index is -3.73. The van der Waals surface area contributed by atoms with Gasteiger partial charge in [-0.15, -0.1) is 0 Å². The third-order valence-electron chi connectivity index (χ3n) is 4.75. The monoisotopic (exact) mass is 402 g/mol. The van der Waals surface area contributed by atoms with Gasteiger partial charge < -0.3 is 0 Å². The van der Waals surface area contributed by atoms with Gasteiger partial charge in [0.25, 0.3) is 5.69 Å². The fraction of sp³-hybridized carbons (Fsp3) is 0.316. The highest BCUT2D eigenvalue weighted by Crippen LogP contribution is 2.30. The Morgan fingerprint density at radius 2 is 1.86 bits per heavy atom. The quantitative estimate of drug-likeness (QED) is 0.452. The van der Waals surface area contributed by atoms with Crippen molar-refractivity contribution in [3.8, 4) is 0 Å². The fourth-order valence-corrected chi connectivity index (χ4v) is 4.72. The molecule has 9 heteroatoms. The summed E-state index contributed by atoms with van der Waals surface area (Å²) in [6.07, 6.45) is 1.60. The number of nitro groups is 1. The summed E-state index contributed by atoms with van der Waals surface area (Å²) in [5.74, 6) is 0. The van der Waals surface area contributed by atoms with Crippen LogP contribution in [0.1, 0.15) is 30.9 Å². The van der Waals surface area contributed by atoms with Crippen molar-refractivity contribution in [2.24, 2.45) is 5.10 Å². The average molecular weight is 402 g/mol. The number of benzene rings is 2. The number of aryl methyl sites for hydroxylation is 1. The molecule has 2 aromatic carbocycles. The van der Waals surface area contributed by atoms with Crippen LogP contribution in [0, 0.1) is 17.0 Å². The molecule has 3 rings (SSSR count). The van der Waals surface area contributed by atoms with Gasteiger partial charge in [-0.25, -0.2) is 8.42 Å². The van der Waals surface area contributed by atoms with E-state index in [-0.39, 0.29) is 16.3 Å². The summed E-state index contributed by atoms with van der Waals surface area (Å²) < 4.78 is 26.7. The van der Waals surface area contributed by atoms with E-state index in [2.05, 4.69) is 10.5 Å². The van der Waals surface area contributed by atoms with Crippen molar-refractivity contribution in [2.75, 3.05) is 18.5 Å². The molecule has 2 aromatic rings. The Kier molecular flexibility index (Phi) is 5.76. The topological polar surface area (TPSA) is 105 Å². The van der Waals surface area contributed by atoms with Crippen molar-refractivity contribution in [2.45, 2.75) is 31.6 Å². The largest absolute Gasteiger partial charge is 0.295 e. The SMILES string of the molecule is C/C(=N/Nc1ccc(S(=O)(=O)N2CCCC2)cc1[N+](=O)[O-])c1ccccc1C. The molecule has 0 amide bonds. The molecule has 8 nitrogen and oxygen atoms in total. The summed E-state index contributed by atoms with van der Waals surface area (Å²) in [6, 6.07) is 11.5. The average Bonchev–Trinajstić information content (AvgIpc) is 3.22. The van der Waals surface area contributed by atoms with E-state index < -0.39 is 14.9 Å². The van der Waals surface area contributed by atoms with Crippen molar-refractivity contribution >= 4 is 27.1 Å². The van der Waals surface area contributed by atoms with Gasteiger partial charge in [-0.1, -0.05) is 24.3 Å². The zero-order valence-electron chi connectivity index (χ0n) is 15.8. The van der Waals surface area contributed by atoms with Gasteiger partial charge in [-0.3, -0.25) is 15.5 Å². The first-order chi connectivity index (χ1) is 13.3. The minimum Gasteiger partial charge on any atom is -0.271 e. The standard InChI is InChI=1S/C19H22N4O4S/c1-14-7-3-4-8-17(14)15(2)20-21-18-10-9-16(13-19(18)23(24)25)28(26,27)22-11-5-6-12-22/h3-4,7-10,13,21H,5-6,11-12H2,1-2H3/b20-15-. The molecule has 148 valence electrons. The van der Waals surface area contributed by atoms with Gasteiger partial charge in [0.05, 0.1) is 15.5 Å². The van der Waals surface area contributed by atoms with Gasteiger partial charge in [0.2, 0.25) is 10.0 Å². The van der Waals surface area contributed by atoms with Crippen LogP contribution in [-0.4, -0.2) is 36.4 Å². The van der Waals surface area contributed by atoms with Crippen LogP contribution in [0.5, 0.6) is 0 Å². The smallest absolute Gasteiger partial charge is 0.271 e. The van der Waals surface area contributed by atoms with Crippen molar-refractivity contribution in [3.63, 3.8) is 0 Å². The van der Waals surface area contributed by atoms with Crippen LogP contribution in [0.15, 0.2) is 52.5 Å². The third kappa shape index (κ3) is 4.05. The van der Waals surface area contributed by atoms with Crippen molar-refractivity contribution < 1.29 is 13.3 Å². The Morgan fingerprint density at radius 3 is 2.50 bits per heavy atom. The van der Waals surface area contributed by atoms with Crippen molar-refractivity contribution in [3.05, 3.63) is 63.7 Å². The maximum absolute atomic E-state index is 12.7. The zero-order valence-corrected chi connectivity index (χ0v) is 16.6. The van der Waals surface area contributed by atoms with Crippen LogP contribution in [0.4, 0.5) is 11.4 Å². The van der Waals surface area contributed by atoms with Crippen molar-refractivity contribution in [1.29, 1.82) is 0 Å². The molecule has 1 saturated heterocycles. The number of hydrogen-bond donors (Lipinski definition) is 1. The first-order valence-corrected chi connectivity index (χ1v) is 10.4. The molecule has 0 aromatic heterocycles. The van der Waals surface area contributed by atoms with E-state index in [9.17, 15) is 18.5 Å². The second kappa shape index (κ2) is 8.07. The molecule has 0 bridgehead atoms. The molecule has 28 heavy (non-hydrogen) atoms. The normalized spacial score (nSPS) is 15.6. The molecule has 1 heterocycles. The van der Waals surface area contributed by atoms with Crippen LogP contribution in [-0.2, 0) is 10.0 Å². The van der Waals surface area contributed by atoms with E-state index in [0.29, 0.717) is 18.8 Å². The molecule has 0 saturated carbocycles. The molecular weight excluding hydrogens is 380 g/mol. The van der Waals surface area contributed by atoms with Crippen LogP contribution >= 0.6 is 0 Å². The Balaban J connectivity index is 1.91. The third-order valence-corrected chi connectivity index (χ3v) is 6.64. The van der Waals surface area contributed by atoms with Crippen LogP contribution in [0.2, 0.25) is 0 Å². The summed E-state index contributed by atoms with van der Waals surface area (Å²) >= 11 is 0. The summed E-state index contributed by atoms with van der Waals surface area (Å²) in [5.41, 5.74) is 5.14. The predicted octanol–water partition coefficient (Wildman–Crippen LogP) is 3.52. The Bertz CT molecular complexity index is 1030. The second-order valence-electron chi connectivity index (χ2n) is 6.67. The molecule has 1 N–H and O–H groups in total. The van der Waals surface area contributed by atoms with Gasteiger partial charge in [-0.2, -0.15) is 9.41 Å². The Hall–Kier alpha value is -2.78. The molecule has 1 aliphatic rings. The number of nitro benzene ring substituents is 1. The second-order valence-corrected chi connectivity index (χ2v) is 8.61. The summed E-state index contributed by atoms with van der Waals surface area (Å²) in [6.45, 7) is 4.63.